The van der Waals surface area contributed by atoms with Crippen LogP contribution in [0.15, 0.2) is 24.5 Å². The molecular formula is C15H16FN5O2. The van der Waals surface area contributed by atoms with E-state index in [0.29, 0.717) is 24.2 Å². The number of anilines is 1. The number of benzene rings is 1. The highest BCUT2D eigenvalue weighted by atomic mass is 19.1. The number of carbonyl (C=O) groups excluding carboxylic acids is 2. The molecule has 0 bridgehead atoms. The first-order chi connectivity index (χ1) is 11.1. The molecule has 2 amide bonds. The van der Waals surface area contributed by atoms with E-state index >= 15 is 0 Å². The van der Waals surface area contributed by atoms with Gasteiger partial charge in [-0.3, -0.25) is 14.7 Å². The number of nitrogens with one attached hydrogen (secondary N) is 3. The lowest BCUT2D eigenvalue weighted by Crippen LogP contribution is -2.42. The number of aromatic amines is 1. The Balaban J connectivity index is 1.77. The predicted octanol–water partition coefficient (Wildman–Crippen LogP) is 1.61. The van der Waals surface area contributed by atoms with Crippen molar-refractivity contribution in [1.29, 1.82) is 0 Å². The van der Waals surface area contributed by atoms with Crippen molar-refractivity contribution in [3.63, 3.8) is 0 Å². The quantitative estimate of drug-likeness (QED) is 0.800. The molecule has 2 heterocycles. The van der Waals surface area contributed by atoms with E-state index in [4.69, 9.17) is 0 Å². The zero-order valence-corrected chi connectivity index (χ0v) is 12.3. The van der Waals surface area contributed by atoms with Crippen molar-refractivity contribution >= 4 is 17.5 Å². The summed E-state index contributed by atoms with van der Waals surface area (Å²) in [5.74, 6) is -0.655. The van der Waals surface area contributed by atoms with Crippen LogP contribution in [0.2, 0.25) is 0 Å². The molecule has 120 valence electrons. The summed E-state index contributed by atoms with van der Waals surface area (Å²) in [6, 6.07) is 3.63. The van der Waals surface area contributed by atoms with Gasteiger partial charge >= 0.3 is 0 Å². The Hall–Kier alpha value is -2.77. The minimum atomic E-state index is -0.640. The second-order valence-electron chi connectivity index (χ2n) is 5.38. The molecular weight excluding hydrogens is 301 g/mol. The second-order valence-corrected chi connectivity index (χ2v) is 5.38. The Labute approximate surface area is 131 Å². The zero-order valence-electron chi connectivity index (χ0n) is 12.3. The van der Waals surface area contributed by atoms with E-state index in [2.05, 4.69) is 25.8 Å². The lowest BCUT2D eigenvalue weighted by molar-refractivity contribution is -0.126. The molecule has 3 N–H and O–H groups in total. The maximum Gasteiger partial charge on any atom is 0.247 e. The van der Waals surface area contributed by atoms with Gasteiger partial charge in [-0.1, -0.05) is 6.42 Å². The van der Waals surface area contributed by atoms with Gasteiger partial charge < -0.3 is 10.6 Å². The van der Waals surface area contributed by atoms with Crippen LogP contribution >= 0.6 is 0 Å². The number of halogens is 1. The highest BCUT2D eigenvalue weighted by Crippen LogP contribution is 2.22. The molecule has 0 saturated carbocycles. The van der Waals surface area contributed by atoms with E-state index in [0.717, 1.165) is 12.8 Å². The van der Waals surface area contributed by atoms with E-state index in [9.17, 15) is 14.0 Å². The van der Waals surface area contributed by atoms with Gasteiger partial charge in [0.1, 0.15) is 18.2 Å². The van der Waals surface area contributed by atoms with Crippen LogP contribution in [0, 0.1) is 5.82 Å². The van der Waals surface area contributed by atoms with Crippen molar-refractivity contribution in [2.75, 3.05) is 5.32 Å². The van der Waals surface area contributed by atoms with Gasteiger partial charge in [-0.25, -0.2) is 9.37 Å². The minimum Gasteiger partial charge on any atom is -0.344 e. The number of aromatic nitrogens is 3. The molecule has 1 atom stereocenters. The van der Waals surface area contributed by atoms with Crippen LogP contribution in [0.25, 0.3) is 11.4 Å². The van der Waals surface area contributed by atoms with E-state index in [1.165, 1.54) is 18.5 Å². The van der Waals surface area contributed by atoms with E-state index in [1.807, 2.05) is 0 Å². The Morgan fingerprint density at radius 3 is 3.00 bits per heavy atom. The zero-order chi connectivity index (χ0) is 16.2. The van der Waals surface area contributed by atoms with Crippen molar-refractivity contribution in [2.45, 2.75) is 31.7 Å². The van der Waals surface area contributed by atoms with Crippen molar-refractivity contribution in [3.8, 4) is 11.4 Å². The van der Waals surface area contributed by atoms with Crippen molar-refractivity contribution in [3.05, 3.63) is 30.3 Å². The molecule has 1 aliphatic rings. The fourth-order valence-electron chi connectivity index (χ4n) is 2.50. The standard InChI is InChI=1S/C15H16FN5O2/c16-10-6-5-9(14-17-8-18-21-14)7-12(10)20-15(23)11-3-1-2-4-13(22)19-11/h5-8,11H,1-4H2,(H,19,22)(H,20,23)(H,17,18,21). The average Bonchev–Trinajstić information content (AvgIpc) is 2.98. The summed E-state index contributed by atoms with van der Waals surface area (Å²) in [4.78, 5) is 27.8. The number of carbonyl (C=O) groups is 2. The first kappa shape index (κ1) is 15.1. The molecule has 1 aliphatic heterocycles. The fraction of sp³-hybridized carbons (Fsp3) is 0.333. The maximum absolute atomic E-state index is 13.9. The Bertz CT molecular complexity index is 717. The molecule has 1 aromatic heterocycles. The predicted molar refractivity (Wildman–Crippen MR) is 80.8 cm³/mol. The lowest BCUT2D eigenvalue weighted by atomic mass is 10.1. The van der Waals surface area contributed by atoms with E-state index in [-0.39, 0.29) is 11.6 Å². The fourth-order valence-corrected chi connectivity index (χ4v) is 2.50. The summed E-state index contributed by atoms with van der Waals surface area (Å²) in [6.45, 7) is 0. The van der Waals surface area contributed by atoms with Crippen molar-refractivity contribution in [2.24, 2.45) is 0 Å². The van der Waals surface area contributed by atoms with Gasteiger partial charge in [0.25, 0.3) is 0 Å². The van der Waals surface area contributed by atoms with Crippen molar-refractivity contribution < 1.29 is 14.0 Å². The molecule has 0 aliphatic carbocycles. The van der Waals surface area contributed by atoms with Gasteiger partial charge in [-0.15, -0.1) is 0 Å². The minimum absolute atomic E-state index is 0.0439. The third kappa shape index (κ3) is 3.53. The Morgan fingerprint density at radius 2 is 2.22 bits per heavy atom. The second kappa shape index (κ2) is 6.55. The Kier molecular flexibility index (Phi) is 4.31. The van der Waals surface area contributed by atoms with Crippen LogP contribution in [-0.2, 0) is 9.59 Å². The van der Waals surface area contributed by atoms with Gasteiger partial charge in [0, 0.05) is 12.0 Å². The molecule has 2 aromatic rings. The molecule has 8 heteroatoms. The summed E-state index contributed by atoms with van der Waals surface area (Å²) in [5, 5.41) is 11.6. The largest absolute Gasteiger partial charge is 0.344 e. The van der Waals surface area contributed by atoms with Crippen LogP contribution in [0.5, 0.6) is 0 Å². The van der Waals surface area contributed by atoms with E-state index in [1.54, 1.807) is 6.07 Å². The van der Waals surface area contributed by atoms with Gasteiger partial charge in [-0.05, 0) is 31.0 Å². The summed E-state index contributed by atoms with van der Waals surface area (Å²) in [6.07, 6.45) is 3.83. The monoisotopic (exact) mass is 317 g/mol. The van der Waals surface area contributed by atoms with Gasteiger partial charge in [-0.2, -0.15) is 5.10 Å². The number of nitrogens with zero attached hydrogens (tertiary/aromatic N) is 2. The summed E-state index contributed by atoms with van der Waals surface area (Å²) >= 11 is 0. The molecule has 7 nitrogen and oxygen atoms in total. The van der Waals surface area contributed by atoms with E-state index < -0.39 is 17.8 Å². The maximum atomic E-state index is 13.9. The van der Waals surface area contributed by atoms with Gasteiger partial charge in [0.2, 0.25) is 11.8 Å². The number of H-pyrrole nitrogens is 1. The van der Waals surface area contributed by atoms with Crippen LogP contribution in [-0.4, -0.2) is 33.0 Å². The summed E-state index contributed by atoms with van der Waals surface area (Å²) in [5.41, 5.74) is 0.645. The number of hydrogen-bond donors (Lipinski definition) is 3. The van der Waals surface area contributed by atoms with Crippen LogP contribution in [0.3, 0.4) is 0 Å². The lowest BCUT2D eigenvalue weighted by Gasteiger charge is -2.16. The molecule has 1 fully saturated rings. The van der Waals surface area contributed by atoms with Gasteiger partial charge in [0.05, 0.1) is 5.69 Å². The normalized spacial score (nSPS) is 18.1. The third-order valence-electron chi connectivity index (χ3n) is 3.71. The molecule has 0 spiro atoms. The van der Waals surface area contributed by atoms with Crippen molar-refractivity contribution in [1.82, 2.24) is 20.5 Å². The molecule has 1 unspecified atom stereocenters. The SMILES string of the molecule is O=C1CCCCC(C(=O)Nc2cc(-c3ncn[nH]3)ccc2F)N1. The summed E-state index contributed by atoms with van der Waals surface area (Å²) < 4.78 is 13.9. The first-order valence-corrected chi connectivity index (χ1v) is 7.39. The first-order valence-electron chi connectivity index (χ1n) is 7.39. The third-order valence-corrected chi connectivity index (χ3v) is 3.71. The molecule has 0 radical (unpaired) electrons. The highest BCUT2D eigenvalue weighted by molar-refractivity contribution is 5.97. The molecule has 1 saturated heterocycles. The van der Waals surface area contributed by atoms with Crippen LogP contribution in [0.1, 0.15) is 25.7 Å². The summed E-state index contributed by atoms with van der Waals surface area (Å²) in [7, 11) is 0. The molecule has 3 rings (SSSR count). The van der Waals surface area contributed by atoms with Crippen LogP contribution in [0.4, 0.5) is 10.1 Å². The molecule has 1 aromatic carbocycles. The molecule has 23 heavy (non-hydrogen) atoms. The average molecular weight is 317 g/mol. The number of amides is 2. The number of hydrogen-bond acceptors (Lipinski definition) is 4. The topological polar surface area (TPSA) is 99.8 Å². The smallest absolute Gasteiger partial charge is 0.247 e. The number of rotatable bonds is 3. The van der Waals surface area contributed by atoms with Gasteiger partial charge in [0.15, 0.2) is 5.82 Å². The highest BCUT2D eigenvalue weighted by Gasteiger charge is 2.24. The van der Waals surface area contributed by atoms with Crippen LogP contribution < -0.4 is 10.6 Å². The Morgan fingerprint density at radius 1 is 1.35 bits per heavy atom.